The molecule has 0 aromatic heterocycles. The highest BCUT2D eigenvalue weighted by molar-refractivity contribution is 7.87. The second-order valence-corrected chi connectivity index (χ2v) is 28.7. The lowest BCUT2D eigenvalue weighted by molar-refractivity contribution is -0.217. The summed E-state index contributed by atoms with van der Waals surface area (Å²) in [5.74, 6) is 4.16. The molecule has 14 saturated carbocycles. The zero-order chi connectivity index (χ0) is 55.1. The fraction of sp³-hybridized carbons (Fsp3) is 0.783. The van der Waals surface area contributed by atoms with Gasteiger partial charge in [-0.05, 0) is 210 Å². The number of rotatable bonds is 13. The molecule has 15 nitrogen and oxygen atoms in total. The third kappa shape index (κ3) is 11.2. The number of aliphatic hydroxyl groups is 2. The van der Waals surface area contributed by atoms with Crippen molar-refractivity contribution >= 4 is 40.0 Å². The van der Waals surface area contributed by atoms with Gasteiger partial charge in [0.25, 0.3) is 10.1 Å². The van der Waals surface area contributed by atoms with Crippen LogP contribution in [0.5, 0.6) is 0 Å². The standard InChI is InChI=1S/C17H26O3.C16H24O2.C14H20O3.C13H16O7S/c1-11(2)15(18)20-10-16(3,19)17-7-12-4-13(8-17)6-14(5-12)9-17;1-4-16(18-15(17)10(2)3)13-6-11-5-12(8-13)9-14(16)7-11;1-9(2)12(15)17-14-6-10-3-11(7-14)5-13(16,4-10)8-14;1-6(2)13(15)18-5-10(14)19-11-7-3-8-9(4-7)21(16,17)20-12(8)11/h12-14,19H,1,4-10H2,2-3H3;11-14H,2,4-9H2,1,3H3;10-11,16H,1,3-8H2,2H3;7-9,11-12H,1,3-5H2,2H3. The Balaban J connectivity index is 0.000000124. The minimum absolute atomic E-state index is 0.00284. The van der Waals surface area contributed by atoms with E-state index in [1.165, 1.54) is 64.7 Å². The molecular weight excluding hydrogens is 993 g/mol. The van der Waals surface area contributed by atoms with Gasteiger partial charge in [-0.15, -0.1) is 0 Å². The van der Waals surface area contributed by atoms with Gasteiger partial charge in [0, 0.05) is 46.0 Å². The summed E-state index contributed by atoms with van der Waals surface area (Å²) in [6, 6.07) is 0. The Bertz CT molecular complexity index is 2410. The molecule has 0 amide bonds. The quantitative estimate of drug-likeness (QED) is 0.0761. The summed E-state index contributed by atoms with van der Waals surface area (Å²) in [5, 5.41) is 21.1. The summed E-state index contributed by atoms with van der Waals surface area (Å²) in [7, 11) is -3.53. The van der Waals surface area contributed by atoms with Crippen molar-refractivity contribution in [3.8, 4) is 0 Å². The summed E-state index contributed by atoms with van der Waals surface area (Å²) in [6.45, 7) is 24.5. The Morgan fingerprint density at radius 1 is 0.618 bits per heavy atom. The monoisotopic (exact) mass is 1080 g/mol. The van der Waals surface area contributed by atoms with Crippen LogP contribution >= 0.6 is 0 Å². The first kappa shape index (κ1) is 56.8. The maximum absolute atomic E-state index is 12.0. The second kappa shape index (κ2) is 21.0. The van der Waals surface area contributed by atoms with Gasteiger partial charge in [0.15, 0.2) is 6.61 Å². The maximum Gasteiger partial charge on any atom is 0.344 e. The number of carbonyl (C=O) groups excluding carboxylic acids is 5. The summed E-state index contributed by atoms with van der Waals surface area (Å²) in [4.78, 5) is 58.2. The minimum atomic E-state index is -3.53. The highest BCUT2D eigenvalue weighted by Crippen LogP contribution is 2.65. The van der Waals surface area contributed by atoms with Crippen LogP contribution in [-0.2, 0) is 62.0 Å². The summed E-state index contributed by atoms with van der Waals surface area (Å²) >= 11 is 0. The molecule has 422 valence electrons. The van der Waals surface area contributed by atoms with Crippen molar-refractivity contribution in [3.63, 3.8) is 0 Å². The molecule has 0 spiro atoms. The first-order valence-electron chi connectivity index (χ1n) is 28.5. The van der Waals surface area contributed by atoms with E-state index in [0.29, 0.717) is 59.7 Å². The molecule has 0 radical (unpaired) electrons. The summed E-state index contributed by atoms with van der Waals surface area (Å²) in [5.41, 5.74) is -0.491. The largest absolute Gasteiger partial charge is 0.459 e. The van der Waals surface area contributed by atoms with Gasteiger partial charge in [0.05, 0.1) is 10.9 Å². The summed E-state index contributed by atoms with van der Waals surface area (Å²) in [6.07, 6.45) is 20.4. The van der Waals surface area contributed by atoms with Gasteiger partial charge in [-0.1, -0.05) is 33.2 Å². The van der Waals surface area contributed by atoms with Crippen LogP contribution in [0.4, 0.5) is 0 Å². The Morgan fingerprint density at radius 2 is 1.09 bits per heavy atom. The SMILES string of the molecule is C=C(C)C(=O)OC1(CC)C2CC3CC(C2)CC1C3.C=C(C)C(=O)OC12CC3CC(CC(O)(C3)C1)C2.C=C(C)C(=O)OCC(=O)OC1C2CC3C1OS(=O)(=O)C3C2.C=C(C)C(=O)OCC(C)(O)C12CC3CC(CC(C3)C1)C2. The Kier molecular flexibility index (Phi) is 15.7. The normalized spacial score (nSPS) is 42.6. The predicted molar refractivity (Wildman–Crippen MR) is 281 cm³/mol. The molecule has 1 aliphatic heterocycles. The average Bonchev–Trinajstić information content (AvgIpc) is 3.95. The van der Waals surface area contributed by atoms with E-state index < -0.39 is 68.9 Å². The smallest absolute Gasteiger partial charge is 0.344 e. The van der Waals surface area contributed by atoms with Crippen molar-refractivity contribution in [2.45, 2.75) is 210 Å². The first-order valence-corrected chi connectivity index (χ1v) is 30.0. The molecule has 14 bridgehead atoms. The van der Waals surface area contributed by atoms with Crippen LogP contribution in [0.25, 0.3) is 0 Å². The third-order valence-corrected chi connectivity index (χ3v) is 22.5. The highest BCUT2D eigenvalue weighted by Gasteiger charge is 2.66. The van der Waals surface area contributed by atoms with Gasteiger partial charge >= 0.3 is 29.8 Å². The van der Waals surface area contributed by atoms with Gasteiger partial charge in [0.1, 0.15) is 35.6 Å². The lowest BCUT2D eigenvalue weighted by Gasteiger charge is -2.61. The molecular formula is C60H86O15S. The zero-order valence-electron chi connectivity index (χ0n) is 46.1. The van der Waals surface area contributed by atoms with E-state index in [1.807, 2.05) is 6.92 Å². The van der Waals surface area contributed by atoms with E-state index in [0.717, 1.165) is 81.0 Å². The maximum atomic E-state index is 12.0. The van der Waals surface area contributed by atoms with Crippen molar-refractivity contribution in [3.05, 3.63) is 48.6 Å². The minimum Gasteiger partial charge on any atom is -0.459 e. The number of hydrogen-bond acceptors (Lipinski definition) is 15. The second-order valence-electron chi connectivity index (χ2n) is 26.9. The van der Waals surface area contributed by atoms with E-state index in [2.05, 4.69) is 33.2 Å². The predicted octanol–water partition coefficient (Wildman–Crippen LogP) is 9.13. The van der Waals surface area contributed by atoms with E-state index in [4.69, 9.17) is 27.9 Å². The van der Waals surface area contributed by atoms with Crippen molar-refractivity contribution < 1.29 is 70.5 Å². The van der Waals surface area contributed by atoms with Gasteiger partial charge in [-0.25, -0.2) is 24.0 Å². The van der Waals surface area contributed by atoms with E-state index in [1.54, 1.807) is 20.8 Å². The number of hydrogen-bond donors (Lipinski definition) is 2. The Labute approximate surface area is 450 Å². The molecule has 0 aromatic carbocycles. The number of ether oxygens (including phenoxy) is 5. The molecule has 16 heteroatoms. The van der Waals surface area contributed by atoms with Crippen molar-refractivity contribution in [1.29, 1.82) is 0 Å². The number of carbonyl (C=O) groups is 5. The molecule has 8 unspecified atom stereocenters. The zero-order valence-corrected chi connectivity index (χ0v) is 46.9. The van der Waals surface area contributed by atoms with Crippen LogP contribution in [0, 0.1) is 70.5 Å². The van der Waals surface area contributed by atoms with E-state index in [-0.39, 0.29) is 47.0 Å². The first-order chi connectivity index (χ1) is 35.6. The lowest BCUT2D eigenvalue weighted by atomic mass is 9.45. The topological polar surface area (TPSA) is 215 Å². The third-order valence-electron chi connectivity index (χ3n) is 20.7. The van der Waals surface area contributed by atoms with Crippen LogP contribution in [0.15, 0.2) is 48.6 Å². The van der Waals surface area contributed by atoms with E-state index in [9.17, 15) is 42.6 Å². The van der Waals surface area contributed by atoms with Gasteiger partial charge < -0.3 is 33.9 Å². The van der Waals surface area contributed by atoms with Crippen LogP contribution in [-0.4, -0.2) is 102 Å². The van der Waals surface area contributed by atoms with Crippen LogP contribution in [0.2, 0.25) is 0 Å². The van der Waals surface area contributed by atoms with Crippen molar-refractivity contribution in [2.24, 2.45) is 70.5 Å². The molecule has 1 saturated heterocycles. The molecule has 8 atom stereocenters. The van der Waals surface area contributed by atoms with Gasteiger partial charge in [-0.3, -0.25) is 4.18 Å². The van der Waals surface area contributed by atoms with Crippen LogP contribution in [0.3, 0.4) is 0 Å². The molecule has 1 heterocycles. The molecule has 15 fully saturated rings. The molecule has 15 aliphatic rings. The molecule has 76 heavy (non-hydrogen) atoms. The molecule has 0 aromatic rings. The Hall–Kier alpha value is -3.86. The van der Waals surface area contributed by atoms with Gasteiger partial charge in [0.2, 0.25) is 0 Å². The highest BCUT2D eigenvalue weighted by atomic mass is 32.2. The van der Waals surface area contributed by atoms with E-state index >= 15 is 0 Å². The molecule has 14 aliphatic carbocycles. The number of fused-ring (bicyclic) bond motifs is 1. The van der Waals surface area contributed by atoms with Crippen LogP contribution < -0.4 is 0 Å². The molecule has 2 N–H and O–H groups in total. The molecule has 15 rings (SSSR count). The average molecular weight is 1080 g/mol. The van der Waals surface area contributed by atoms with Crippen LogP contribution in [0.1, 0.15) is 170 Å². The number of esters is 5. The fourth-order valence-electron chi connectivity index (χ4n) is 18.3. The van der Waals surface area contributed by atoms with Crippen molar-refractivity contribution in [1.82, 2.24) is 0 Å². The summed E-state index contributed by atoms with van der Waals surface area (Å²) < 4.78 is 55.5. The lowest BCUT2D eigenvalue weighted by Crippen LogP contribution is -2.60. The van der Waals surface area contributed by atoms with Gasteiger partial charge in [-0.2, -0.15) is 8.42 Å². The van der Waals surface area contributed by atoms with Crippen molar-refractivity contribution in [2.75, 3.05) is 13.2 Å². The fourth-order valence-corrected chi connectivity index (χ4v) is 20.2. The Morgan fingerprint density at radius 3 is 1.58 bits per heavy atom.